The number of benzene rings is 3. The molecule has 0 radical (unpaired) electrons. The smallest absolute Gasteiger partial charge is 0.247 e. The lowest BCUT2D eigenvalue weighted by Crippen LogP contribution is -2.23. The van der Waals surface area contributed by atoms with Crippen LogP contribution >= 0.6 is 0 Å². The van der Waals surface area contributed by atoms with Crippen LogP contribution in [0, 0.1) is 0 Å². The van der Waals surface area contributed by atoms with Crippen molar-refractivity contribution in [3.8, 4) is 5.75 Å². The van der Waals surface area contributed by atoms with E-state index >= 15 is 0 Å². The molecule has 0 aliphatic heterocycles. The third-order valence-corrected chi connectivity index (χ3v) is 4.60. The molecule has 3 aromatic carbocycles. The molecule has 0 fully saturated rings. The molecule has 1 N–H and O–H groups in total. The molecule has 0 aliphatic carbocycles. The first-order valence-electron chi connectivity index (χ1n) is 9.21. The average molecular weight is 372 g/mol. The van der Waals surface area contributed by atoms with Crippen LogP contribution in [0.5, 0.6) is 5.75 Å². The number of hydrazone groups is 1. The van der Waals surface area contributed by atoms with Crippen LogP contribution in [-0.4, -0.2) is 19.2 Å². The van der Waals surface area contributed by atoms with Crippen LogP contribution in [0.4, 0.5) is 0 Å². The van der Waals surface area contributed by atoms with Crippen molar-refractivity contribution in [1.29, 1.82) is 0 Å². The van der Waals surface area contributed by atoms with Gasteiger partial charge >= 0.3 is 0 Å². The molecule has 4 nitrogen and oxygen atoms in total. The van der Waals surface area contributed by atoms with Crippen LogP contribution in [-0.2, 0) is 4.79 Å². The van der Waals surface area contributed by atoms with Crippen molar-refractivity contribution >= 4 is 29.0 Å². The fourth-order valence-corrected chi connectivity index (χ4v) is 2.93. The van der Waals surface area contributed by atoms with Gasteiger partial charge in [0, 0.05) is 0 Å². The number of fused-ring (bicyclic) bond motifs is 1. The van der Waals surface area contributed by atoms with Gasteiger partial charge in [0.1, 0.15) is 5.75 Å². The highest BCUT2D eigenvalue weighted by molar-refractivity contribution is 5.90. The number of allylic oxidation sites excluding steroid dienone is 1. The minimum absolute atomic E-state index is 0.142. The quantitative estimate of drug-likeness (QED) is 0.480. The van der Waals surface area contributed by atoms with Gasteiger partial charge in [-0.15, -0.1) is 0 Å². The van der Waals surface area contributed by atoms with E-state index in [9.17, 15) is 4.79 Å². The maximum atomic E-state index is 12.5. The maximum Gasteiger partial charge on any atom is 0.247 e. The van der Waals surface area contributed by atoms with Crippen molar-refractivity contribution in [3.05, 3.63) is 83.4 Å². The van der Waals surface area contributed by atoms with E-state index in [1.165, 1.54) is 0 Å². The zero-order chi connectivity index (χ0) is 19.9. The first kappa shape index (κ1) is 19.4. The molecule has 0 aliphatic rings. The molecule has 0 heterocycles. The van der Waals surface area contributed by atoms with Crippen molar-refractivity contribution in [2.24, 2.45) is 5.10 Å². The first-order chi connectivity index (χ1) is 13.6. The molecular formula is C24H24N2O2. The summed E-state index contributed by atoms with van der Waals surface area (Å²) in [5.74, 6) is 0.373. The number of amides is 1. The lowest BCUT2D eigenvalue weighted by atomic mass is 9.97. The molecule has 0 bridgehead atoms. The summed E-state index contributed by atoms with van der Waals surface area (Å²) in [5.41, 5.74) is 5.63. The standard InChI is InChI=1S/C24H24N2O2/c1-17(13-19-7-5-4-6-8-19)16-25-26-24(27)18(2)20-9-10-22-15-23(28-3)12-11-21(22)14-20/h4-16,18H,1-3H3,(H,26,27)/b17-13+,25-16-/t18-/m0/s1. The molecule has 0 saturated carbocycles. The van der Waals surface area contributed by atoms with Crippen molar-refractivity contribution < 1.29 is 9.53 Å². The Hall–Kier alpha value is -3.40. The van der Waals surface area contributed by atoms with E-state index in [-0.39, 0.29) is 11.8 Å². The highest BCUT2D eigenvalue weighted by Crippen LogP contribution is 2.25. The summed E-state index contributed by atoms with van der Waals surface area (Å²) in [6.07, 6.45) is 3.67. The molecule has 1 atom stereocenters. The Morgan fingerprint density at radius 2 is 1.75 bits per heavy atom. The van der Waals surface area contributed by atoms with E-state index in [0.717, 1.165) is 33.2 Å². The molecule has 1 amide bonds. The summed E-state index contributed by atoms with van der Waals surface area (Å²) in [4.78, 5) is 12.5. The summed E-state index contributed by atoms with van der Waals surface area (Å²) >= 11 is 0. The lowest BCUT2D eigenvalue weighted by molar-refractivity contribution is -0.122. The van der Waals surface area contributed by atoms with Crippen molar-refractivity contribution in [2.75, 3.05) is 7.11 Å². The predicted molar refractivity (Wildman–Crippen MR) is 116 cm³/mol. The van der Waals surface area contributed by atoms with Gasteiger partial charge < -0.3 is 4.74 Å². The Labute approximate surface area is 165 Å². The molecule has 0 aromatic heterocycles. The van der Waals surface area contributed by atoms with E-state index < -0.39 is 0 Å². The van der Waals surface area contributed by atoms with Crippen LogP contribution in [0.3, 0.4) is 0 Å². The topological polar surface area (TPSA) is 50.7 Å². The van der Waals surface area contributed by atoms with Gasteiger partial charge in [-0.1, -0.05) is 60.7 Å². The van der Waals surface area contributed by atoms with E-state index in [4.69, 9.17) is 4.74 Å². The number of hydrogen-bond acceptors (Lipinski definition) is 3. The molecule has 0 saturated heterocycles. The maximum absolute atomic E-state index is 12.5. The molecule has 28 heavy (non-hydrogen) atoms. The Kier molecular flexibility index (Phi) is 6.22. The number of nitrogens with zero attached hydrogens (tertiary/aromatic N) is 1. The molecular weight excluding hydrogens is 348 g/mol. The van der Waals surface area contributed by atoms with Crippen LogP contribution in [0.2, 0.25) is 0 Å². The van der Waals surface area contributed by atoms with Crippen LogP contribution in [0.1, 0.15) is 30.9 Å². The fraction of sp³-hybridized carbons (Fsp3) is 0.167. The second kappa shape index (κ2) is 9.00. The predicted octanol–water partition coefficient (Wildman–Crippen LogP) is 5.16. The van der Waals surface area contributed by atoms with Gasteiger partial charge in [-0.2, -0.15) is 5.10 Å². The van der Waals surface area contributed by atoms with Crippen molar-refractivity contribution in [1.82, 2.24) is 5.43 Å². The van der Waals surface area contributed by atoms with Crippen molar-refractivity contribution in [2.45, 2.75) is 19.8 Å². The second-order valence-electron chi connectivity index (χ2n) is 6.73. The van der Waals surface area contributed by atoms with Gasteiger partial charge in [-0.3, -0.25) is 4.79 Å². The Morgan fingerprint density at radius 1 is 1.04 bits per heavy atom. The van der Waals surface area contributed by atoms with Crippen molar-refractivity contribution in [3.63, 3.8) is 0 Å². The summed E-state index contributed by atoms with van der Waals surface area (Å²) in [6, 6.07) is 21.9. The zero-order valence-corrected chi connectivity index (χ0v) is 16.3. The highest BCUT2D eigenvalue weighted by atomic mass is 16.5. The largest absolute Gasteiger partial charge is 0.497 e. The van der Waals surface area contributed by atoms with E-state index in [2.05, 4.69) is 10.5 Å². The number of carbonyl (C=O) groups is 1. The second-order valence-corrected chi connectivity index (χ2v) is 6.73. The third-order valence-electron chi connectivity index (χ3n) is 4.60. The monoisotopic (exact) mass is 372 g/mol. The average Bonchev–Trinajstić information content (AvgIpc) is 2.73. The number of hydrogen-bond donors (Lipinski definition) is 1. The SMILES string of the molecule is COc1ccc2cc([C@H](C)C(=O)N/N=C\C(C)=C\c3ccccc3)ccc2c1. The Balaban J connectivity index is 1.65. The van der Waals surface area contributed by atoms with Gasteiger partial charge in [0.15, 0.2) is 0 Å². The summed E-state index contributed by atoms with van der Waals surface area (Å²) < 4.78 is 5.25. The minimum Gasteiger partial charge on any atom is -0.497 e. The summed E-state index contributed by atoms with van der Waals surface area (Å²) in [6.45, 7) is 3.83. The number of carbonyl (C=O) groups excluding carboxylic acids is 1. The van der Waals surface area contributed by atoms with Gasteiger partial charge in [0.2, 0.25) is 5.91 Å². The Bertz CT molecular complexity index is 1020. The molecule has 142 valence electrons. The third kappa shape index (κ3) is 4.86. The van der Waals surface area contributed by atoms with Gasteiger partial charge in [0.05, 0.1) is 19.2 Å². The number of nitrogens with one attached hydrogen (secondary N) is 1. The molecule has 0 unspecified atom stereocenters. The van der Waals surface area contributed by atoms with Gasteiger partial charge in [-0.25, -0.2) is 5.43 Å². The number of methoxy groups -OCH3 is 1. The molecule has 0 spiro atoms. The summed E-state index contributed by atoms with van der Waals surface area (Å²) in [7, 11) is 1.65. The van der Waals surface area contributed by atoms with E-state index in [1.54, 1.807) is 13.3 Å². The van der Waals surface area contributed by atoms with Crippen LogP contribution in [0.15, 0.2) is 77.4 Å². The molecule has 4 heteroatoms. The number of ether oxygens (including phenoxy) is 1. The van der Waals surface area contributed by atoms with E-state index in [0.29, 0.717) is 0 Å². The molecule has 3 aromatic rings. The first-order valence-corrected chi connectivity index (χ1v) is 9.21. The Morgan fingerprint density at radius 3 is 2.50 bits per heavy atom. The normalized spacial score (nSPS) is 12.9. The minimum atomic E-state index is -0.304. The summed E-state index contributed by atoms with van der Waals surface area (Å²) in [5, 5.41) is 6.24. The van der Waals surface area contributed by atoms with Gasteiger partial charge in [0.25, 0.3) is 0 Å². The zero-order valence-electron chi connectivity index (χ0n) is 16.3. The highest BCUT2D eigenvalue weighted by Gasteiger charge is 2.15. The lowest BCUT2D eigenvalue weighted by Gasteiger charge is -2.11. The van der Waals surface area contributed by atoms with E-state index in [1.807, 2.05) is 86.7 Å². The van der Waals surface area contributed by atoms with Crippen LogP contribution < -0.4 is 10.2 Å². The molecule has 3 rings (SSSR count). The van der Waals surface area contributed by atoms with Gasteiger partial charge in [-0.05, 0) is 53.5 Å². The number of rotatable bonds is 6. The van der Waals surface area contributed by atoms with Crippen LogP contribution in [0.25, 0.3) is 16.8 Å². The fourth-order valence-electron chi connectivity index (χ4n) is 2.93.